The van der Waals surface area contributed by atoms with Crippen LogP contribution in [0.5, 0.6) is 0 Å². The highest BCUT2D eigenvalue weighted by Crippen LogP contribution is 2.27. The Morgan fingerprint density at radius 1 is 1.10 bits per heavy atom. The second kappa shape index (κ2) is 6.46. The molecule has 0 radical (unpaired) electrons. The second-order valence-electron chi connectivity index (χ2n) is 6.01. The maximum absolute atomic E-state index is 4.29. The van der Waals surface area contributed by atoms with E-state index in [9.17, 15) is 0 Å². The molecular weight excluding hydrogens is 266 g/mol. The Morgan fingerprint density at radius 2 is 1.80 bits per heavy atom. The van der Waals surface area contributed by atoms with E-state index in [1.165, 1.54) is 5.56 Å². The van der Waals surface area contributed by atoms with Crippen LogP contribution in [0, 0.1) is 0 Å². The predicted molar refractivity (Wildman–Crippen MR) is 86.0 cm³/mol. The van der Waals surface area contributed by atoms with E-state index >= 15 is 0 Å². The molecule has 0 amide bonds. The molecular formula is C16H23N3S. The van der Waals surface area contributed by atoms with Gasteiger partial charge >= 0.3 is 0 Å². The highest BCUT2D eigenvalue weighted by molar-refractivity contribution is 7.14. The highest BCUT2D eigenvalue weighted by atomic mass is 32.1. The van der Waals surface area contributed by atoms with Crippen molar-refractivity contribution in [2.75, 3.05) is 6.54 Å². The molecule has 1 N–H and O–H groups in total. The number of rotatable bonds is 5. The molecule has 3 nitrogen and oxygen atoms in total. The van der Waals surface area contributed by atoms with Crippen LogP contribution in [-0.2, 0) is 12.0 Å². The molecule has 1 aromatic heterocycles. The molecule has 0 saturated carbocycles. The summed E-state index contributed by atoms with van der Waals surface area (Å²) < 4.78 is 0. The molecule has 2 aromatic rings. The van der Waals surface area contributed by atoms with E-state index in [-0.39, 0.29) is 5.41 Å². The quantitative estimate of drug-likeness (QED) is 0.845. The molecule has 0 saturated heterocycles. The van der Waals surface area contributed by atoms with E-state index < -0.39 is 0 Å². The fraction of sp³-hybridized carbons (Fsp3) is 0.500. The standard InChI is InChI=1S/C16H23N3S/c1-5-10-17-11-14-18-19-15(20-14)12-6-8-13(9-7-12)16(2,3)4/h6-9,17H,5,10-11H2,1-4H3. The number of aromatic nitrogens is 2. The van der Waals surface area contributed by atoms with Crippen molar-refractivity contribution in [3.8, 4) is 10.6 Å². The first-order valence-electron chi connectivity index (χ1n) is 7.14. The maximum atomic E-state index is 4.29. The number of hydrogen-bond acceptors (Lipinski definition) is 4. The minimum Gasteiger partial charge on any atom is -0.310 e. The van der Waals surface area contributed by atoms with E-state index in [1.807, 2.05) is 0 Å². The second-order valence-corrected chi connectivity index (χ2v) is 7.07. The molecule has 108 valence electrons. The number of nitrogens with zero attached hydrogens (tertiary/aromatic N) is 2. The third-order valence-electron chi connectivity index (χ3n) is 3.17. The zero-order chi connectivity index (χ0) is 14.6. The lowest BCUT2D eigenvalue weighted by atomic mass is 9.87. The van der Waals surface area contributed by atoms with Crippen molar-refractivity contribution in [3.63, 3.8) is 0 Å². The van der Waals surface area contributed by atoms with Crippen LogP contribution in [0.3, 0.4) is 0 Å². The van der Waals surface area contributed by atoms with Gasteiger partial charge in [-0.25, -0.2) is 0 Å². The van der Waals surface area contributed by atoms with Gasteiger partial charge in [0, 0.05) is 12.1 Å². The van der Waals surface area contributed by atoms with Gasteiger partial charge in [-0.2, -0.15) is 0 Å². The molecule has 0 aliphatic rings. The lowest BCUT2D eigenvalue weighted by Gasteiger charge is -2.18. The van der Waals surface area contributed by atoms with Gasteiger partial charge < -0.3 is 5.32 Å². The number of hydrogen-bond donors (Lipinski definition) is 1. The van der Waals surface area contributed by atoms with Crippen molar-refractivity contribution < 1.29 is 0 Å². The number of benzene rings is 1. The van der Waals surface area contributed by atoms with Gasteiger partial charge in [0.25, 0.3) is 0 Å². The Balaban J connectivity index is 2.08. The molecule has 20 heavy (non-hydrogen) atoms. The van der Waals surface area contributed by atoms with Gasteiger partial charge in [-0.3, -0.25) is 0 Å². The monoisotopic (exact) mass is 289 g/mol. The summed E-state index contributed by atoms with van der Waals surface area (Å²) in [6, 6.07) is 8.66. The first-order valence-corrected chi connectivity index (χ1v) is 7.96. The molecule has 0 atom stereocenters. The molecule has 0 bridgehead atoms. The zero-order valence-electron chi connectivity index (χ0n) is 12.7. The zero-order valence-corrected chi connectivity index (χ0v) is 13.5. The Labute approximate surface area is 125 Å². The molecule has 0 fully saturated rings. The summed E-state index contributed by atoms with van der Waals surface area (Å²) in [6.45, 7) is 10.7. The Hall–Kier alpha value is -1.26. The van der Waals surface area contributed by atoms with E-state index in [2.05, 4.69) is 67.5 Å². The van der Waals surface area contributed by atoms with Gasteiger partial charge in [-0.15, -0.1) is 10.2 Å². The van der Waals surface area contributed by atoms with Crippen LogP contribution in [-0.4, -0.2) is 16.7 Å². The van der Waals surface area contributed by atoms with Crippen LogP contribution in [0.4, 0.5) is 0 Å². The third kappa shape index (κ3) is 3.87. The SMILES string of the molecule is CCCNCc1nnc(-c2ccc(C(C)(C)C)cc2)s1. The fourth-order valence-electron chi connectivity index (χ4n) is 1.93. The Kier molecular flexibility index (Phi) is 4.89. The summed E-state index contributed by atoms with van der Waals surface area (Å²) in [7, 11) is 0. The van der Waals surface area contributed by atoms with E-state index in [0.29, 0.717) is 0 Å². The molecule has 2 rings (SSSR count). The average molecular weight is 289 g/mol. The summed E-state index contributed by atoms with van der Waals surface area (Å²) in [5.74, 6) is 0. The fourth-order valence-corrected chi connectivity index (χ4v) is 2.74. The topological polar surface area (TPSA) is 37.8 Å². The third-order valence-corrected chi connectivity index (χ3v) is 4.14. The van der Waals surface area contributed by atoms with E-state index in [0.717, 1.165) is 35.1 Å². The normalized spacial score (nSPS) is 11.8. The summed E-state index contributed by atoms with van der Waals surface area (Å²) in [5.41, 5.74) is 2.68. The smallest absolute Gasteiger partial charge is 0.147 e. The lowest BCUT2D eigenvalue weighted by Crippen LogP contribution is -2.13. The summed E-state index contributed by atoms with van der Waals surface area (Å²) in [5, 5.41) is 13.9. The van der Waals surface area contributed by atoms with Gasteiger partial charge in [-0.05, 0) is 23.9 Å². The molecule has 1 heterocycles. The first-order chi connectivity index (χ1) is 9.50. The van der Waals surface area contributed by atoms with Crippen LogP contribution < -0.4 is 5.32 Å². The molecule has 0 spiro atoms. The van der Waals surface area contributed by atoms with Crippen LogP contribution in [0.15, 0.2) is 24.3 Å². The van der Waals surface area contributed by atoms with Crippen LogP contribution in [0.25, 0.3) is 10.6 Å². The molecule has 0 aliphatic carbocycles. The molecule has 4 heteroatoms. The highest BCUT2D eigenvalue weighted by Gasteiger charge is 2.14. The Bertz CT molecular complexity index is 538. The van der Waals surface area contributed by atoms with Crippen LogP contribution >= 0.6 is 11.3 Å². The minimum absolute atomic E-state index is 0.189. The first kappa shape index (κ1) is 15.1. The van der Waals surface area contributed by atoms with Crippen molar-refractivity contribution in [2.24, 2.45) is 0 Å². The molecule has 1 aromatic carbocycles. The van der Waals surface area contributed by atoms with E-state index in [4.69, 9.17) is 0 Å². The van der Waals surface area contributed by atoms with Crippen LogP contribution in [0.2, 0.25) is 0 Å². The predicted octanol–water partition coefficient (Wildman–Crippen LogP) is 4.00. The molecule has 0 aliphatic heterocycles. The largest absolute Gasteiger partial charge is 0.310 e. The number of nitrogens with one attached hydrogen (secondary N) is 1. The van der Waals surface area contributed by atoms with Crippen molar-refractivity contribution >= 4 is 11.3 Å². The van der Waals surface area contributed by atoms with Gasteiger partial charge in [0.1, 0.15) is 10.0 Å². The van der Waals surface area contributed by atoms with E-state index in [1.54, 1.807) is 11.3 Å². The van der Waals surface area contributed by atoms with Crippen molar-refractivity contribution in [1.29, 1.82) is 0 Å². The Morgan fingerprint density at radius 3 is 2.40 bits per heavy atom. The van der Waals surface area contributed by atoms with Crippen molar-refractivity contribution in [2.45, 2.75) is 46.1 Å². The maximum Gasteiger partial charge on any atom is 0.147 e. The van der Waals surface area contributed by atoms with Gasteiger partial charge in [-0.1, -0.05) is 63.3 Å². The van der Waals surface area contributed by atoms with Gasteiger partial charge in [0.2, 0.25) is 0 Å². The lowest BCUT2D eigenvalue weighted by molar-refractivity contribution is 0.590. The van der Waals surface area contributed by atoms with Crippen LogP contribution in [0.1, 0.15) is 44.7 Å². The molecule has 0 unspecified atom stereocenters. The summed E-state index contributed by atoms with van der Waals surface area (Å²) in [4.78, 5) is 0. The summed E-state index contributed by atoms with van der Waals surface area (Å²) >= 11 is 1.67. The van der Waals surface area contributed by atoms with Gasteiger partial charge in [0.15, 0.2) is 0 Å². The minimum atomic E-state index is 0.189. The summed E-state index contributed by atoms with van der Waals surface area (Å²) in [6.07, 6.45) is 1.14. The van der Waals surface area contributed by atoms with Gasteiger partial charge in [0.05, 0.1) is 0 Å². The average Bonchev–Trinajstić information content (AvgIpc) is 2.87. The van der Waals surface area contributed by atoms with Crippen molar-refractivity contribution in [1.82, 2.24) is 15.5 Å². The van der Waals surface area contributed by atoms with Crippen molar-refractivity contribution in [3.05, 3.63) is 34.8 Å².